The van der Waals surface area contributed by atoms with Crippen LogP contribution in [0, 0.1) is 20.8 Å². The van der Waals surface area contributed by atoms with E-state index in [1.54, 1.807) is 16.9 Å². The molecule has 7 heteroatoms. The Hall–Kier alpha value is -3.19. The van der Waals surface area contributed by atoms with Gasteiger partial charge in [-0.25, -0.2) is 0 Å². The van der Waals surface area contributed by atoms with E-state index in [1.807, 2.05) is 63.2 Å². The molecule has 152 valence electrons. The molecule has 1 amide bonds. The predicted molar refractivity (Wildman–Crippen MR) is 121 cm³/mol. The van der Waals surface area contributed by atoms with Crippen molar-refractivity contribution in [3.8, 4) is 11.4 Å². The second kappa shape index (κ2) is 8.28. The van der Waals surface area contributed by atoms with Gasteiger partial charge in [-0.05, 0) is 84.2 Å². The molecule has 30 heavy (non-hydrogen) atoms. The Morgan fingerprint density at radius 3 is 2.43 bits per heavy atom. The van der Waals surface area contributed by atoms with E-state index in [0.717, 1.165) is 26.8 Å². The molecule has 0 aliphatic carbocycles. The number of hydrogen-bond acceptors (Lipinski definition) is 4. The molecule has 0 aliphatic heterocycles. The minimum Gasteiger partial charge on any atom is -0.482 e. The average molecular weight is 465 g/mol. The fourth-order valence-electron chi connectivity index (χ4n) is 3.21. The maximum Gasteiger partial charge on any atom is 0.262 e. The molecule has 4 rings (SSSR count). The van der Waals surface area contributed by atoms with Crippen LogP contribution >= 0.6 is 15.9 Å². The van der Waals surface area contributed by atoms with Crippen LogP contribution < -0.4 is 10.1 Å². The summed E-state index contributed by atoms with van der Waals surface area (Å²) in [7, 11) is 0. The number of aryl methyl sites for hydroxylation is 3. The summed E-state index contributed by atoms with van der Waals surface area (Å²) < 4.78 is 6.56. The van der Waals surface area contributed by atoms with E-state index in [-0.39, 0.29) is 12.5 Å². The first kappa shape index (κ1) is 20.1. The van der Waals surface area contributed by atoms with Crippen molar-refractivity contribution in [3.05, 3.63) is 75.8 Å². The molecule has 0 spiro atoms. The summed E-state index contributed by atoms with van der Waals surface area (Å²) >= 11 is 3.49. The van der Waals surface area contributed by atoms with Gasteiger partial charge in [-0.15, -0.1) is 10.2 Å². The number of nitrogens with one attached hydrogen (secondary N) is 1. The van der Waals surface area contributed by atoms with Gasteiger partial charge in [0, 0.05) is 5.69 Å². The smallest absolute Gasteiger partial charge is 0.262 e. The third kappa shape index (κ3) is 4.36. The highest BCUT2D eigenvalue weighted by Gasteiger charge is 2.11. The highest BCUT2D eigenvalue weighted by molar-refractivity contribution is 9.10. The molecule has 6 nitrogen and oxygen atoms in total. The molecule has 0 unspecified atom stereocenters. The number of carbonyl (C=O) groups excluding carboxylic acids is 1. The van der Waals surface area contributed by atoms with Gasteiger partial charge in [-0.1, -0.05) is 23.8 Å². The number of fused-ring (bicyclic) bond motifs is 1. The van der Waals surface area contributed by atoms with Crippen molar-refractivity contribution in [2.24, 2.45) is 0 Å². The minimum absolute atomic E-state index is 0.0867. The summed E-state index contributed by atoms with van der Waals surface area (Å²) in [5.74, 6) is 0.430. The van der Waals surface area contributed by atoms with E-state index in [1.165, 1.54) is 5.56 Å². The van der Waals surface area contributed by atoms with E-state index in [0.29, 0.717) is 17.0 Å². The number of ether oxygens (including phenoxy) is 1. The van der Waals surface area contributed by atoms with Gasteiger partial charge in [0.15, 0.2) is 6.61 Å². The number of nitrogens with zero attached hydrogens (tertiary/aromatic N) is 3. The fraction of sp³-hybridized carbons (Fsp3) is 0.174. The van der Waals surface area contributed by atoms with Crippen molar-refractivity contribution in [2.75, 3.05) is 11.9 Å². The zero-order valence-corrected chi connectivity index (χ0v) is 18.5. The standard InChI is InChI=1S/C23H21BrN4O2/c1-14-4-7-18(8-5-14)28-26-20-9-6-17(12-21(20)27-28)25-22(29)13-30-23-16(3)10-15(2)11-19(23)24/h4-12H,13H2,1-3H3,(H,25,29). The summed E-state index contributed by atoms with van der Waals surface area (Å²) in [6, 6.07) is 17.4. The van der Waals surface area contributed by atoms with E-state index >= 15 is 0 Å². The minimum atomic E-state index is -0.243. The predicted octanol–water partition coefficient (Wildman–Crippen LogP) is 5.13. The Bertz CT molecular complexity index is 1210. The fourth-order valence-corrected chi connectivity index (χ4v) is 3.99. The number of hydrogen-bond donors (Lipinski definition) is 1. The zero-order valence-electron chi connectivity index (χ0n) is 16.9. The first-order valence-corrected chi connectivity index (χ1v) is 10.3. The lowest BCUT2D eigenvalue weighted by Gasteiger charge is -2.12. The molecule has 0 atom stereocenters. The van der Waals surface area contributed by atoms with Crippen LogP contribution in [0.5, 0.6) is 5.75 Å². The number of amides is 1. The van der Waals surface area contributed by atoms with Crippen molar-refractivity contribution in [2.45, 2.75) is 20.8 Å². The summed E-state index contributed by atoms with van der Waals surface area (Å²) in [5, 5.41) is 11.9. The van der Waals surface area contributed by atoms with Crippen molar-refractivity contribution >= 4 is 38.6 Å². The van der Waals surface area contributed by atoms with Crippen LogP contribution in [0.3, 0.4) is 0 Å². The number of anilines is 1. The molecule has 0 saturated heterocycles. The van der Waals surface area contributed by atoms with Crippen molar-refractivity contribution in [3.63, 3.8) is 0 Å². The molecule has 1 heterocycles. The molecule has 0 aliphatic rings. The number of benzene rings is 3. The summed E-state index contributed by atoms with van der Waals surface area (Å²) in [4.78, 5) is 14.0. The Kier molecular flexibility index (Phi) is 5.55. The number of rotatable bonds is 5. The van der Waals surface area contributed by atoms with Gasteiger partial charge in [-0.3, -0.25) is 4.79 Å². The van der Waals surface area contributed by atoms with Gasteiger partial charge in [0.05, 0.1) is 10.2 Å². The zero-order chi connectivity index (χ0) is 21.3. The van der Waals surface area contributed by atoms with Crippen LogP contribution in [0.25, 0.3) is 16.7 Å². The summed E-state index contributed by atoms with van der Waals surface area (Å²) in [5.41, 5.74) is 6.26. The normalized spacial score (nSPS) is 10.9. The Labute approximate surface area is 183 Å². The molecule has 0 saturated carbocycles. The van der Waals surface area contributed by atoms with Crippen molar-refractivity contribution < 1.29 is 9.53 Å². The lowest BCUT2D eigenvalue weighted by atomic mass is 10.1. The number of aromatic nitrogens is 3. The third-order valence-corrected chi connectivity index (χ3v) is 5.24. The monoisotopic (exact) mass is 464 g/mol. The van der Waals surface area contributed by atoms with E-state index in [2.05, 4.69) is 31.4 Å². The van der Waals surface area contributed by atoms with Crippen molar-refractivity contribution in [1.82, 2.24) is 15.0 Å². The van der Waals surface area contributed by atoms with E-state index in [4.69, 9.17) is 4.74 Å². The van der Waals surface area contributed by atoms with Gasteiger partial charge in [0.2, 0.25) is 0 Å². The molecule has 3 aromatic carbocycles. The first-order chi connectivity index (χ1) is 14.4. The van der Waals surface area contributed by atoms with Crippen LogP contribution in [0.15, 0.2) is 59.1 Å². The Morgan fingerprint density at radius 1 is 0.967 bits per heavy atom. The molecule has 0 bridgehead atoms. The second-order valence-corrected chi connectivity index (χ2v) is 8.11. The van der Waals surface area contributed by atoms with Gasteiger partial charge in [0.25, 0.3) is 5.91 Å². The maximum atomic E-state index is 12.4. The Morgan fingerprint density at radius 2 is 1.70 bits per heavy atom. The molecule has 0 radical (unpaired) electrons. The first-order valence-electron chi connectivity index (χ1n) is 9.52. The SMILES string of the molecule is Cc1ccc(-n2nc3ccc(NC(=O)COc4c(C)cc(C)cc4Br)cc3n2)cc1. The molecule has 4 aromatic rings. The molecule has 0 fully saturated rings. The van der Waals surface area contributed by atoms with Crippen molar-refractivity contribution in [1.29, 1.82) is 0 Å². The molecular formula is C23H21BrN4O2. The highest BCUT2D eigenvalue weighted by Crippen LogP contribution is 2.30. The van der Waals surface area contributed by atoms with Crippen LogP contribution in [0.1, 0.15) is 16.7 Å². The van der Waals surface area contributed by atoms with Gasteiger partial charge in [-0.2, -0.15) is 4.80 Å². The Balaban J connectivity index is 1.46. The van der Waals surface area contributed by atoms with Gasteiger partial charge < -0.3 is 10.1 Å². The summed E-state index contributed by atoms with van der Waals surface area (Å²) in [6.07, 6.45) is 0. The number of halogens is 1. The molecular weight excluding hydrogens is 444 g/mol. The molecule has 1 N–H and O–H groups in total. The lowest BCUT2D eigenvalue weighted by molar-refractivity contribution is -0.118. The third-order valence-electron chi connectivity index (χ3n) is 4.65. The lowest BCUT2D eigenvalue weighted by Crippen LogP contribution is -2.20. The van der Waals surface area contributed by atoms with Crippen LogP contribution in [-0.4, -0.2) is 27.5 Å². The summed E-state index contributed by atoms with van der Waals surface area (Å²) in [6.45, 7) is 5.92. The quantitative estimate of drug-likeness (QED) is 0.444. The van der Waals surface area contributed by atoms with Crippen LogP contribution in [0.2, 0.25) is 0 Å². The van der Waals surface area contributed by atoms with E-state index < -0.39 is 0 Å². The maximum absolute atomic E-state index is 12.4. The highest BCUT2D eigenvalue weighted by atomic mass is 79.9. The molecule has 1 aromatic heterocycles. The topological polar surface area (TPSA) is 69.0 Å². The second-order valence-electron chi connectivity index (χ2n) is 7.26. The van der Waals surface area contributed by atoms with E-state index in [9.17, 15) is 4.79 Å². The largest absolute Gasteiger partial charge is 0.482 e. The van der Waals surface area contributed by atoms with Crippen LogP contribution in [-0.2, 0) is 4.79 Å². The number of carbonyl (C=O) groups is 1. The van der Waals surface area contributed by atoms with Gasteiger partial charge >= 0.3 is 0 Å². The van der Waals surface area contributed by atoms with Gasteiger partial charge in [0.1, 0.15) is 16.8 Å². The van der Waals surface area contributed by atoms with Crippen LogP contribution in [0.4, 0.5) is 5.69 Å². The average Bonchev–Trinajstić information content (AvgIpc) is 3.11.